The topological polar surface area (TPSA) is 74.6 Å². The van der Waals surface area contributed by atoms with Crippen molar-refractivity contribution in [3.63, 3.8) is 0 Å². The van der Waals surface area contributed by atoms with E-state index in [2.05, 4.69) is 31.9 Å². The minimum atomic E-state index is -0.880. The predicted octanol–water partition coefficient (Wildman–Crippen LogP) is 5.17. The van der Waals surface area contributed by atoms with E-state index < -0.39 is 11.9 Å². The normalized spacial score (nSPS) is 9.74. The van der Waals surface area contributed by atoms with Crippen molar-refractivity contribution < 1.29 is 19.8 Å². The Bertz CT molecular complexity index is 727. The highest BCUT2D eigenvalue weighted by Crippen LogP contribution is 2.17. The van der Waals surface area contributed by atoms with Gasteiger partial charge in [-0.25, -0.2) is 9.59 Å². The van der Waals surface area contributed by atoms with Gasteiger partial charge in [0, 0.05) is 8.95 Å². The first-order chi connectivity index (χ1) is 10.8. The molecule has 0 aliphatic rings. The lowest BCUT2D eigenvalue weighted by atomic mass is 10.1. The van der Waals surface area contributed by atoms with Crippen molar-refractivity contribution in [3.8, 4) is 0 Å². The van der Waals surface area contributed by atoms with Gasteiger partial charge in [0.15, 0.2) is 0 Å². The molecule has 0 unspecified atom stereocenters. The maximum atomic E-state index is 10.7. The molecule has 4 nitrogen and oxygen atoms in total. The van der Waals surface area contributed by atoms with Crippen LogP contribution in [0.5, 0.6) is 0 Å². The van der Waals surface area contributed by atoms with Crippen LogP contribution in [0.2, 0.25) is 0 Å². The average molecular weight is 444 g/mol. The van der Waals surface area contributed by atoms with Crippen molar-refractivity contribution in [3.05, 3.63) is 67.6 Å². The van der Waals surface area contributed by atoms with Gasteiger partial charge in [-0.3, -0.25) is 0 Å². The zero-order valence-corrected chi connectivity index (χ0v) is 15.8. The molecular formula is C17H16Br2O4. The van der Waals surface area contributed by atoms with Gasteiger partial charge in [-0.2, -0.15) is 0 Å². The highest BCUT2D eigenvalue weighted by atomic mass is 79.9. The number of aryl methyl sites for hydroxylation is 2. The number of aromatic carboxylic acids is 2. The smallest absolute Gasteiger partial charge is 0.335 e. The van der Waals surface area contributed by atoms with Gasteiger partial charge in [-0.15, -0.1) is 0 Å². The number of carboxylic acid groups (broad SMARTS) is 2. The van der Waals surface area contributed by atoms with Crippen LogP contribution in [-0.2, 0) is 6.42 Å². The van der Waals surface area contributed by atoms with Gasteiger partial charge >= 0.3 is 11.9 Å². The average Bonchev–Trinajstić information content (AvgIpc) is 2.46. The van der Waals surface area contributed by atoms with Crippen LogP contribution in [0.25, 0.3) is 0 Å². The Morgan fingerprint density at radius 1 is 0.913 bits per heavy atom. The highest BCUT2D eigenvalue weighted by molar-refractivity contribution is 9.10. The van der Waals surface area contributed by atoms with E-state index in [0.717, 1.165) is 26.5 Å². The molecule has 0 fully saturated rings. The summed E-state index contributed by atoms with van der Waals surface area (Å²) in [6.07, 6.45) is 0.737. The molecule has 0 amide bonds. The summed E-state index contributed by atoms with van der Waals surface area (Å²) in [5.74, 6) is -1.74. The van der Waals surface area contributed by atoms with E-state index in [1.807, 2.05) is 13.0 Å². The molecule has 0 radical (unpaired) electrons. The Morgan fingerprint density at radius 2 is 1.39 bits per heavy atom. The van der Waals surface area contributed by atoms with Gasteiger partial charge in [-0.1, -0.05) is 38.8 Å². The third-order valence-electron chi connectivity index (χ3n) is 3.10. The summed E-state index contributed by atoms with van der Waals surface area (Å²) in [5, 5.41) is 17.4. The summed E-state index contributed by atoms with van der Waals surface area (Å²) in [5.41, 5.74) is 2.37. The molecule has 122 valence electrons. The zero-order chi connectivity index (χ0) is 17.6. The van der Waals surface area contributed by atoms with Crippen LogP contribution in [-0.4, -0.2) is 22.2 Å². The monoisotopic (exact) mass is 442 g/mol. The molecule has 2 N–H and O–H groups in total. The summed E-state index contributed by atoms with van der Waals surface area (Å²) >= 11 is 6.55. The van der Waals surface area contributed by atoms with Crippen LogP contribution in [0.1, 0.15) is 38.8 Å². The van der Waals surface area contributed by atoms with E-state index >= 15 is 0 Å². The Labute approximate surface area is 151 Å². The first-order valence-corrected chi connectivity index (χ1v) is 8.36. The number of rotatable bonds is 3. The van der Waals surface area contributed by atoms with E-state index in [1.54, 1.807) is 37.3 Å². The third kappa shape index (κ3) is 5.80. The van der Waals surface area contributed by atoms with Crippen molar-refractivity contribution in [2.24, 2.45) is 0 Å². The van der Waals surface area contributed by atoms with Gasteiger partial charge in [-0.05, 0) is 60.9 Å². The number of hydrogen-bond donors (Lipinski definition) is 2. The molecule has 0 atom stereocenters. The lowest BCUT2D eigenvalue weighted by Gasteiger charge is -2.02. The first kappa shape index (κ1) is 19.4. The van der Waals surface area contributed by atoms with Crippen molar-refractivity contribution in [1.82, 2.24) is 0 Å². The summed E-state index contributed by atoms with van der Waals surface area (Å²) in [6.45, 7) is 3.71. The molecule has 0 saturated heterocycles. The maximum Gasteiger partial charge on any atom is 0.335 e. The highest BCUT2D eigenvalue weighted by Gasteiger charge is 2.07. The van der Waals surface area contributed by atoms with Crippen LogP contribution in [0, 0.1) is 6.92 Å². The van der Waals surface area contributed by atoms with Gasteiger partial charge in [0.1, 0.15) is 0 Å². The van der Waals surface area contributed by atoms with Crippen molar-refractivity contribution in [2.45, 2.75) is 20.3 Å². The second-order valence-corrected chi connectivity index (χ2v) is 6.56. The molecule has 0 spiro atoms. The Balaban J connectivity index is 0.000000231. The van der Waals surface area contributed by atoms with Gasteiger partial charge in [0.2, 0.25) is 0 Å². The number of carbonyl (C=O) groups is 2. The van der Waals surface area contributed by atoms with E-state index in [4.69, 9.17) is 10.2 Å². The van der Waals surface area contributed by atoms with E-state index in [-0.39, 0.29) is 0 Å². The minimum absolute atomic E-state index is 0.355. The number of hydrogen-bond acceptors (Lipinski definition) is 2. The van der Waals surface area contributed by atoms with Crippen LogP contribution in [0.3, 0.4) is 0 Å². The summed E-state index contributed by atoms with van der Waals surface area (Å²) in [6, 6.07) is 10.3. The molecule has 0 heterocycles. The van der Waals surface area contributed by atoms with Crippen LogP contribution >= 0.6 is 31.9 Å². The zero-order valence-electron chi connectivity index (χ0n) is 12.6. The largest absolute Gasteiger partial charge is 0.478 e. The van der Waals surface area contributed by atoms with Gasteiger partial charge in [0.05, 0.1) is 11.1 Å². The Morgan fingerprint density at radius 3 is 1.83 bits per heavy atom. The third-order valence-corrected chi connectivity index (χ3v) is 4.08. The Kier molecular flexibility index (Phi) is 7.45. The maximum absolute atomic E-state index is 10.7. The molecular weight excluding hydrogens is 428 g/mol. The molecule has 0 saturated carbocycles. The predicted molar refractivity (Wildman–Crippen MR) is 96.3 cm³/mol. The molecule has 6 heteroatoms. The molecule has 23 heavy (non-hydrogen) atoms. The van der Waals surface area contributed by atoms with Gasteiger partial charge in [0.25, 0.3) is 0 Å². The fourth-order valence-electron chi connectivity index (χ4n) is 1.93. The molecule has 2 aromatic rings. The van der Waals surface area contributed by atoms with Gasteiger partial charge < -0.3 is 10.2 Å². The molecule has 2 aromatic carbocycles. The van der Waals surface area contributed by atoms with Crippen LogP contribution in [0.4, 0.5) is 0 Å². The molecule has 0 aliphatic carbocycles. The second kappa shape index (κ2) is 8.84. The van der Waals surface area contributed by atoms with Crippen molar-refractivity contribution in [1.29, 1.82) is 0 Å². The van der Waals surface area contributed by atoms with Crippen LogP contribution < -0.4 is 0 Å². The molecule has 0 bridgehead atoms. The van der Waals surface area contributed by atoms with E-state index in [0.29, 0.717) is 11.1 Å². The lowest BCUT2D eigenvalue weighted by molar-refractivity contribution is 0.0685. The molecule has 0 aromatic heterocycles. The van der Waals surface area contributed by atoms with E-state index in [9.17, 15) is 9.59 Å². The molecule has 2 rings (SSSR count). The summed E-state index contributed by atoms with van der Waals surface area (Å²) in [7, 11) is 0. The summed E-state index contributed by atoms with van der Waals surface area (Å²) in [4.78, 5) is 21.2. The number of halogens is 2. The fraction of sp³-hybridized carbons (Fsp3) is 0.176. The number of benzene rings is 2. The quantitative estimate of drug-likeness (QED) is 0.686. The van der Waals surface area contributed by atoms with E-state index in [1.165, 1.54) is 0 Å². The minimum Gasteiger partial charge on any atom is -0.478 e. The number of carboxylic acids is 2. The van der Waals surface area contributed by atoms with Crippen molar-refractivity contribution in [2.75, 3.05) is 0 Å². The first-order valence-electron chi connectivity index (χ1n) is 6.77. The van der Waals surface area contributed by atoms with Crippen LogP contribution in [0.15, 0.2) is 45.3 Å². The fourth-order valence-corrected chi connectivity index (χ4v) is 2.81. The SMILES string of the molecule is CCc1cc(Br)ccc1C(=O)O.Cc1cc(Br)ccc1C(=O)O. The van der Waals surface area contributed by atoms with Crippen molar-refractivity contribution >= 4 is 43.8 Å². The Hall–Kier alpha value is -1.66. The lowest BCUT2D eigenvalue weighted by Crippen LogP contribution is -2.01. The second-order valence-electron chi connectivity index (χ2n) is 4.72. The standard InChI is InChI=1S/C9H9BrO2.C8H7BrO2/c1-2-6-5-7(10)3-4-8(6)9(11)12;1-5-4-6(9)2-3-7(5)8(10)11/h3-5H,2H2,1H3,(H,11,12);2-4H,1H3,(H,10,11). The summed E-state index contributed by atoms with van der Waals surface area (Å²) < 4.78 is 1.82. The molecule has 0 aliphatic heterocycles.